The first-order chi connectivity index (χ1) is 7.24. The van der Waals surface area contributed by atoms with Crippen molar-refractivity contribution in [2.24, 2.45) is 0 Å². The van der Waals surface area contributed by atoms with Crippen LogP contribution in [-0.2, 0) is 4.79 Å². The second kappa shape index (κ2) is 5.83. The minimum Gasteiger partial charge on any atom is -0.481 e. The summed E-state index contributed by atoms with van der Waals surface area (Å²) < 4.78 is 0. The molecular weight excluding hydrogens is 206 g/mol. The van der Waals surface area contributed by atoms with Crippen molar-refractivity contribution in [3.05, 3.63) is 0 Å². The Morgan fingerprint density at radius 3 is 2.31 bits per heavy atom. The molecule has 0 aliphatic rings. The van der Waals surface area contributed by atoms with Gasteiger partial charge in [0.2, 0.25) is 0 Å². The molecule has 0 aromatic rings. The monoisotopic (exact) mass is 227 g/mol. The van der Waals surface area contributed by atoms with Crippen molar-refractivity contribution in [3.63, 3.8) is 0 Å². The summed E-state index contributed by atoms with van der Waals surface area (Å²) in [6.45, 7) is 7.74. The molecule has 0 heterocycles. The zero-order valence-electron chi connectivity index (χ0n) is 10.4. The van der Waals surface area contributed by atoms with Crippen LogP contribution in [0, 0.1) is 11.3 Å². The lowest BCUT2D eigenvalue weighted by molar-refractivity contribution is -0.137. The third-order valence-electron chi connectivity index (χ3n) is 2.65. The summed E-state index contributed by atoms with van der Waals surface area (Å²) >= 11 is 0. The highest BCUT2D eigenvalue weighted by molar-refractivity contribution is 5.66. The Hall–Kier alpha value is -1.12. The molecular formula is C11H21N3O2. The van der Waals surface area contributed by atoms with Crippen molar-refractivity contribution >= 4 is 5.97 Å². The van der Waals surface area contributed by atoms with Gasteiger partial charge in [0.05, 0.1) is 6.07 Å². The highest BCUT2D eigenvalue weighted by Crippen LogP contribution is 2.12. The Morgan fingerprint density at radius 2 is 1.94 bits per heavy atom. The van der Waals surface area contributed by atoms with Gasteiger partial charge in [-0.1, -0.05) is 6.92 Å². The number of hydrogen-bond donors (Lipinski definition) is 3. The molecule has 1 unspecified atom stereocenters. The van der Waals surface area contributed by atoms with E-state index in [0.29, 0.717) is 0 Å². The highest BCUT2D eigenvalue weighted by atomic mass is 16.4. The van der Waals surface area contributed by atoms with Gasteiger partial charge >= 0.3 is 5.97 Å². The van der Waals surface area contributed by atoms with Crippen molar-refractivity contribution in [3.8, 4) is 6.07 Å². The van der Waals surface area contributed by atoms with Crippen LogP contribution in [0.15, 0.2) is 0 Å². The van der Waals surface area contributed by atoms with Gasteiger partial charge in [0.15, 0.2) is 0 Å². The van der Waals surface area contributed by atoms with Crippen LogP contribution in [0.4, 0.5) is 0 Å². The van der Waals surface area contributed by atoms with Crippen molar-refractivity contribution in [2.45, 2.75) is 58.0 Å². The Balaban J connectivity index is 4.28. The highest BCUT2D eigenvalue weighted by Gasteiger charge is 2.26. The Morgan fingerprint density at radius 1 is 1.38 bits per heavy atom. The summed E-state index contributed by atoms with van der Waals surface area (Å²) in [4.78, 5) is 10.5. The summed E-state index contributed by atoms with van der Waals surface area (Å²) in [5.41, 5.74) is 5.00. The summed E-state index contributed by atoms with van der Waals surface area (Å²) in [6, 6.07) is 2.09. The van der Waals surface area contributed by atoms with Gasteiger partial charge in [0.25, 0.3) is 0 Å². The van der Waals surface area contributed by atoms with Crippen molar-refractivity contribution in [1.29, 1.82) is 5.26 Å². The Kier molecular flexibility index (Phi) is 5.42. The zero-order valence-corrected chi connectivity index (χ0v) is 10.4. The maximum Gasteiger partial charge on any atom is 0.303 e. The molecule has 0 fully saturated rings. The molecule has 0 aromatic carbocycles. The third kappa shape index (κ3) is 5.69. The van der Waals surface area contributed by atoms with Gasteiger partial charge in [0.1, 0.15) is 5.54 Å². The maximum atomic E-state index is 10.5. The number of nitriles is 1. The third-order valence-corrected chi connectivity index (χ3v) is 2.65. The van der Waals surface area contributed by atoms with Gasteiger partial charge in [-0.05, 0) is 33.6 Å². The van der Waals surface area contributed by atoms with Gasteiger partial charge in [0, 0.05) is 12.0 Å². The molecule has 16 heavy (non-hydrogen) atoms. The number of carboxylic acids is 1. The average molecular weight is 227 g/mol. The predicted molar refractivity (Wildman–Crippen MR) is 61.5 cm³/mol. The molecule has 5 heteroatoms. The van der Waals surface area contributed by atoms with Crippen LogP contribution in [-0.4, -0.2) is 22.2 Å². The minimum absolute atomic E-state index is 0.0225. The molecule has 0 saturated heterocycles. The molecule has 0 aliphatic heterocycles. The van der Waals surface area contributed by atoms with E-state index >= 15 is 0 Å². The minimum atomic E-state index is -0.891. The number of carbonyl (C=O) groups is 1. The van der Waals surface area contributed by atoms with Crippen LogP contribution >= 0.6 is 0 Å². The number of carboxylic acid groups (broad SMARTS) is 1. The summed E-state index contributed by atoms with van der Waals surface area (Å²) in [5.74, 6) is -0.891. The first kappa shape index (κ1) is 14.9. The zero-order chi connectivity index (χ0) is 12.8. The summed E-state index contributed by atoms with van der Waals surface area (Å²) in [6.07, 6.45) is 1.15. The van der Waals surface area contributed by atoms with Crippen LogP contribution < -0.4 is 10.9 Å². The van der Waals surface area contributed by atoms with Crippen LogP contribution in [0.2, 0.25) is 0 Å². The van der Waals surface area contributed by atoms with Crippen LogP contribution in [0.3, 0.4) is 0 Å². The van der Waals surface area contributed by atoms with Gasteiger partial charge in [-0.3, -0.25) is 10.2 Å². The van der Waals surface area contributed by atoms with E-state index in [2.05, 4.69) is 16.9 Å². The van der Waals surface area contributed by atoms with E-state index < -0.39 is 11.5 Å². The normalized spacial score (nSPS) is 15.2. The van der Waals surface area contributed by atoms with Gasteiger partial charge in [-0.2, -0.15) is 5.26 Å². The molecule has 0 aliphatic carbocycles. The average Bonchev–Trinajstić information content (AvgIpc) is 2.24. The quantitative estimate of drug-likeness (QED) is 0.573. The molecule has 0 saturated carbocycles. The van der Waals surface area contributed by atoms with Crippen molar-refractivity contribution in [2.75, 3.05) is 0 Å². The number of hydrazine groups is 1. The molecule has 1 atom stereocenters. The fraction of sp³-hybridized carbons (Fsp3) is 0.818. The fourth-order valence-corrected chi connectivity index (χ4v) is 0.899. The van der Waals surface area contributed by atoms with Gasteiger partial charge < -0.3 is 5.11 Å². The lowest BCUT2D eigenvalue weighted by Gasteiger charge is -2.31. The maximum absolute atomic E-state index is 10.5. The molecule has 0 bridgehead atoms. The SMILES string of the molecule is CCC(C)(C)NNC(C)(C#N)CCC(=O)O. The fourth-order valence-electron chi connectivity index (χ4n) is 0.899. The van der Waals surface area contributed by atoms with E-state index in [1.807, 2.05) is 20.8 Å². The van der Waals surface area contributed by atoms with Crippen LogP contribution in [0.1, 0.15) is 47.0 Å². The van der Waals surface area contributed by atoms with Crippen LogP contribution in [0.5, 0.6) is 0 Å². The lowest BCUT2D eigenvalue weighted by Crippen LogP contribution is -2.57. The van der Waals surface area contributed by atoms with Gasteiger partial charge in [-0.25, -0.2) is 5.43 Å². The second-order valence-corrected chi connectivity index (χ2v) is 4.83. The molecule has 92 valence electrons. The largest absolute Gasteiger partial charge is 0.481 e. The number of aliphatic carboxylic acids is 1. The first-order valence-electron chi connectivity index (χ1n) is 5.42. The number of nitrogens with zero attached hydrogens (tertiary/aromatic N) is 1. The number of hydrogen-bond acceptors (Lipinski definition) is 4. The Labute approximate surface area is 96.8 Å². The van der Waals surface area contributed by atoms with E-state index in [9.17, 15) is 4.79 Å². The molecule has 0 spiro atoms. The molecule has 0 radical (unpaired) electrons. The molecule has 0 rings (SSSR count). The van der Waals surface area contributed by atoms with E-state index in [1.54, 1.807) is 6.92 Å². The Bertz CT molecular complexity index is 283. The summed E-state index contributed by atoms with van der Waals surface area (Å²) in [5, 5.41) is 17.6. The van der Waals surface area contributed by atoms with E-state index in [4.69, 9.17) is 10.4 Å². The topological polar surface area (TPSA) is 85.1 Å². The molecule has 0 aromatic heterocycles. The lowest BCUT2D eigenvalue weighted by atomic mass is 9.98. The molecule has 3 N–H and O–H groups in total. The predicted octanol–water partition coefficient (Wildman–Crippen LogP) is 1.42. The molecule has 0 amide bonds. The smallest absolute Gasteiger partial charge is 0.303 e. The van der Waals surface area contributed by atoms with Gasteiger partial charge in [-0.15, -0.1) is 0 Å². The summed E-state index contributed by atoms with van der Waals surface area (Å²) in [7, 11) is 0. The van der Waals surface area contributed by atoms with Crippen LogP contribution in [0.25, 0.3) is 0 Å². The standard InChI is InChI=1S/C11H21N3O2/c1-5-10(2,3)13-14-11(4,8-12)7-6-9(15)16/h13-14H,5-7H2,1-4H3,(H,15,16). The van der Waals surface area contributed by atoms with Crippen molar-refractivity contribution < 1.29 is 9.90 Å². The van der Waals surface area contributed by atoms with E-state index in [0.717, 1.165) is 6.42 Å². The van der Waals surface area contributed by atoms with E-state index in [-0.39, 0.29) is 18.4 Å². The van der Waals surface area contributed by atoms with E-state index in [1.165, 1.54) is 0 Å². The first-order valence-corrected chi connectivity index (χ1v) is 5.42. The number of rotatable bonds is 7. The molecule has 5 nitrogen and oxygen atoms in total. The second-order valence-electron chi connectivity index (χ2n) is 4.83. The number of nitrogens with one attached hydrogen (secondary N) is 2. The van der Waals surface area contributed by atoms with Crippen molar-refractivity contribution in [1.82, 2.24) is 10.9 Å².